The Morgan fingerprint density at radius 2 is 1.94 bits per heavy atom. The highest BCUT2D eigenvalue weighted by molar-refractivity contribution is 5.03. The molecule has 1 saturated heterocycles. The summed E-state index contributed by atoms with van der Waals surface area (Å²) in [5.74, 6) is 0.563. The molecule has 0 radical (unpaired) electrons. The molecule has 3 rings (SSSR count). The fourth-order valence-electron chi connectivity index (χ4n) is 4.18. The molecule has 2 heteroatoms. The van der Waals surface area contributed by atoms with Crippen molar-refractivity contribution in [2.75, 3.05) is 6.54 Å². The van der Waals surface area contributed by atoms with E-state index in [-0.39, 0.29) is 6.10 Å². The molecule has 2 aliphatic carbocycles. The Morgan fingerprint density at radius 3 is 2.65 bits per heavy atom. The van der Waals surface area contributed by atoms with Gasteiger partial charge >= 0.3 is 0 Å². The first-order chi connectivity index (χ1) is 8.36. The third-order valence-corrected chi connectivity index (χ3v) is 5.02. The van der Waals surface area contributed by atoms with Crippen LogP contribution >= 0.6 is 0 Å². The molecule has 2 nitrogen and oxygen atoms in total. The van der Waals surface area contributed by atoms with E-state index in [4.69, 9.17) is 0 Å². The van der Waals surface area contributed by atoms with Gasteiger partial charge in [0.1, 0.15) is 0 Å². The molecule has 0 spiro atoms. The minimum absolute atomic E-state index is 0.0202. The van der Waals surface area contributed by atoms with Gasteiger partial charge in [-0.2, -0.15) is 0 Å². The number of allylic oxidation sites excluding steroid dienone is 1. The van der Waals surface area contributed by atoms with Crippen LogP contribution in [0.25, 0.3) is 0 Å². The normalized spacial score (nSPS) is 43.4. The van der Waals surface area contributed by atoms with Crippen LogP contribution in [0.2, 0.25) is 0 Å². The maximum absolute atomic E-state index is 10.1. The highest BCUT2D eigenvalue weighted by Crippen LogP contribution is 2.37. The zero-order chi connectivity index (χ0) is 11.7. The molecule has 96 valence electrons. The topological polar surface area (TPSA) is 23.5 Å². The zero-order valence-electron chi connectivity index (χ0n) is 10.7. The molecule has 0 amide bonds. The summed E-state index contributed by atoms with van der Waals surface area (Å²) in [4.78, 5) is 2.70. The largest absolute Gasteiger partial charge is 0.393 e. The monoisotopic (exact) mass is 235 g/mol. The number of rotatable bonds is 2. The van der Waals surface area contributed by atoms with E-state index in [1.165, 1.54) is 51.5 Å². The van der Waals surface area contributed by atoms with Crippen molar-refractivity contribution in [2.24, 2.45) is 5.92 Å². The molecule has 0 bridgehead atoms. The standard InChI is InChI=1S/C15H25NO/c17-15-10-4-8-13(15)14-9-5-11-16(14)12-6-2-1-3-7-12/h2,6,12-15,17H,1,3-5,7-11H2. The third-order valence-electron chi connectivity index (χ3n) is 5.02. The summed E-state index contributed by atoms with van der Waals surface area (Å²) in [7, 11) is 0. The van der Waals surface area contributed by atoms with Crippen molar-refractivity contribution < 1.29 is 5.11 Å². The van der Waals surface area contributed by atoms with Crippen molar-refractivity contribution in [3.8, 4) is 0 Å². The SMILES string of the molecule is OC1CCCC1C1CCCN1C1C=CCCC1. The van der Waals surface area contributed by atoms with Crippen molar-refractivity contribution in [3.63, 3.8) is 0 Å². The predicted octanol–water partition coefficient (Wildman–Crippen LogP) is 2.72. The average molecular weight is 235 g/mol. The minimum atomic E-state index is -0.0202. The zero-order valence-corrected chi connectivity index (χ0v) is 10.7. The fraction of sp³-hybridized carbons (Fsp3) is 0.867. The quantitative estimate of drug-likeness (QED) is 0.744. The Morgan fingerprint density at radius 1 is 1.00 bits per heavy atom. The fourth-order valence-corrected chi connectivity index (χ4v) is 4.18. The Hall–Kier alpha value is -0.340. The van der Waals surface area contributed by atoms with Crippen LogP contribution in [0.5, 0.6) is 0 Å². The number of hydrogen-bond acceptors (Lipinski definition) is 2. The van der Waals surface area contributed by atoms with E-state index in [1.807, 2.05) is 0 Å². The van der Waals surface area contributed by atoms with Gasteiger partial charge in [-0.15, -0.1) is 0 Å². The molecule has 1 aliphatic heterocycles. The molecule has 2 fully saturated rings. The van der Waals surface area contributed by atoms with Gasteiger partial charge in [0.25, 0.3) is 0 Å². The van der Waals surface area contributed by atoms with E-state index in [9.17, 15) is 5.11 Å². The Kier molecular flexibility index (Phi) is 3.53. The van der Waals surface area contributed by atoms with Crippen LogP contribution in [0.15, 0.2) is 12.2 Å². The Balaban J connectivity index is 1.70. The average Bonchev–Trinajstić information content (AvgIpc) is 2.98. The number of aliphatic hydroxyl groups excluding tert-OH is 1. The molecule has 1 saturated carbocycles. The highest BCUT2D eigenvalue weighted by Gasteiger charge is 2.40. The molecule has 0 aromatic heterocycles. The van der Waals surface area contributed by atoms with Gasteiger partial charge < -0.3 is 5.11 Å². The summed E-state index contributed by atoms with van der Waals surface area (Å²) >= 11 is 0. The van der Waals surface area contributed by atoms with Crippen molar-refractivity contribution in [1.82, 2.24) is 4.90 Å². The molecular weight excluding hydrogens is 210 g/mol. The van der Waals surface area contributed by atoms with Crippen molar-refractivity contribution in [3.05, 3.63) is 12.2 Å². The molecule has 1 N–H and O–H groups in total. The maximum Gasteiger partial charge on any atom is 0.0583 e. The summed E-state index contributed by atoms with van der Waals surface area (Å²) in [6.45, 7) is 1.25. The van der Waals surface area contributed by atoms with Gasteiger partial charge in [0.05, 0.1) is 6.10 Å². The van der Waals surface area contributed by atoms with Crippen LogP contribution < -0.4 is 0 Å². The Labute approximate surface area is 105 Å². The molecule has 3 aliphatic rings. The van der Waals surface area contributed by atoms with E-state index < -0.39 is 0 Å². The summed E-state index contributed by atoms with van der Waals surface area (Å²) < 4.78 is 0. The molecule has 0 aromatic rings. The summed E-state index contributed by atoms with van der Waals surface area (Å²) in [6.07, 6.45) is 14.9. The van der Waals surface area contributed by atoms with Crippen molar-refractivity contribution in [2.45, 2.75) is 69.6 Å². The van der Waals surface area contributed by atoms with Gasteiger partial charge in [0.2, 0.25) is 0 Å². The first-order valence-electron chi connectivity index (χ1n) is 7.47. The lowest BCUT2D eigenvalue weighted by Crippen LogP contribution is -2.44. The smallest absolute Gasteiger partial charge is 0.0583 e. The van der Waals surface area contributed by atoms with E-state index in [0.29, 0.717) is 18.0 Å². The summed E-state index contributed by atoms with van der Waals surface area (Å²) in [6, 6.07) is 1.34. The number of hydrogen-bond donors (Lipinski definition) is 1. The van der Waals surface area contributed by atoms with E-state index >= 15 is 0 Å². The van der Waals surface area contributed by atoms with Crippen LogP contribution in [-0.2, 0) is 0 Å². The van der Waals surface area contributed by atoms with Crippen LogP contribution in [0.1, 0.15) is 51.4 Å². The Bertz CT molecular complexity index is 289. The van der Waals surface area contributed by atoms with Crippen LogP contribution in [0.4, 0.5) is 0 Å². The first kappa shape index (κ1) is 11.7. The molecule has 4 unspecified atom stereocenters. The highest BCUT2D eigenvalue weighted by atomic mass is 16.3. The number of likely N-dealkylation sites (tertiary alicyclic amines) is 1. The van der Waals surface area contributed by atoms with Crippen molar-refractivity contribution in [1.29, 1.82) is 0 Å². The van der Waals surface area contributed by atoms with E-state index in [1.54, 1.807) is 0 Å². The summed E-state index contributed by atoms with van der Waals surface area (Å²) in [5, 5.41) is 10.1. The molecule has 0 aromatic carbocycles. The van der Waals surface area contributed by atoms with Crippen molar-refractivity contribution >= 4 is 0 Å². The van der Waals surface area contributed by atoms with Gasteiger partial charge in [-0.3, -0.25) is 4.90 Å². The van der Waals surface area contributed by atoms with E-state index in [2.05, 4.69) is 17.1 Å². The van der Waals surface area contributed by atoms with Gasteiger partial charge in [-0.1, -0.05) is 18.6 Å². The second-order valence-electron chi connectivity index (χ2n) is 6.04. The second kappa shape index (κ2) is 5.11. The van der Waals surface area contributed by atoms with Crippen LogP contribution in [0, 0.1) is 5.92 Å². The lowest BCUT2D eigenvalue weighted by Gasteiger charge is -2.37. The van der Waals surface area contributed by atoms with Gasteiger partial charge in [0, 0.05) is 18.0 Å². The lowest BCUT2D eigenvalue weighted by molar-refractivity contribution is 0.0620. The van der Waals surface area contributed by atoms with Gasteiger partial charge in [-0.25, -0.2) is 0 Å². The molecular formula is C15H25NO. The lowest BCUT2D eigenvalue weighted by atomic mass is 9.92. The minimum Gasteiger partial charge on any atom is -0.393 e. The molecule has 4 atom stereocenters. The van der Waals surface area contributed by atoms with E-state index in [0.717, 1.165) is 6.42 Å². The molecule has 17 heavy (non-hydrogen) atoms. The summed E-state index contributed by atoms with van der Waals surface area (Å²) in [5.41, 5.74) is 0. The van der Waals surface area contributed by atoms with Gasteiger partial charge in [-0.05, 0) is 51.5 Å². The third kappa shape index (κ3) is 2.30. The number of aliphatic hydroxyl groups is 1. The second-order valence-corrected chi connectivity index (χ2v) is 6.04. The predicted molar refractivity (Wildman–Crippen MR) is 69.9 cm³/mol. The van der Waals surface area contributed by atoms with Gasteiger partial charge in [0.15, 0.2) is 0 Å². The number of nitrogens with zero attached hydrogens (tertiary/aromatic N) is 1. The molecule has 1 heterocycles. The van der Waals surface area contributed by atoms with Crippen LogP contribution in [-0.4, -0.2) is 34.7 Å². The maximum atomic E-state index is 10.1. The first-order valence-corrected chi connectivity index (χ1v) is 7.47. The van der Waals surface area contributed by atoms with Crippen LogP contribution in [0.3, 0.4) is 0 Å².